The Morgan fingerprint density at radius 3 is 2.57 bits per heavy atom. The summed E-state index contributed by atoms with van der Waals surface area (Å²) in [5.74, 6) is 0. The standard InChI is InChI=1S/C14H16BrN3O2S/c1-10(12-4-6-17-7-5-12)18-21(19,20)14-8-11(9-16)2-3-13(14)15/h2-8,10,18H,9,16H2,1H3. The highest BCUT2D eigenvalue weighted by Gasteiger charge is 2.21. The van der Waals surface area contributed by atoms with E-state index in [1.54, 1.807) is 49.6 Å². The van der Waals surface area contributed by atoms with Crippen molar-refractivity contribution < 1.29 is 8.42 Å². The van der Waals surface area contributed by atoms with Crippen LogP contribution in [0, 0.1) is 0 Å². The Hall–Kier alpha value is -1.28. The maximum absolute atomic E-state index is 12.5. The molecule has 0 bridgehead atoms. The minimum atomic E-state index is -3.64. The number of hydrogen-bond acceptors (Lipinski definition) is 4. The number of aromatic nitrogens is 1. The fourth-order valence-corrected chi connectivity index (χ4v) is 4.14. The molecule has 0 spiro atoms. The summed E-state index contributed by atoms with van der Waals surface area (Å²) in [4.78, 5) is 4.11. The highest BCUT2D eigenvalue weighted by Crippen LogP contribution is 2.25. The van der Waals surface area contributed by atoms with Gasteiger partial charge in [-0.3, -0.25) is 4.98 Å². The van der Waals surface area contributed by atoms with Crippen LogP contribution < -0.4 is 10.5 Å². The molecule has 0 saturated heterocycles. The molecule has 0 amide bonds. The molecule has 1 unspecified atom stereocenters. The molecule has 1 aromatic carbocycles. The van der Waals surface area contributed by atoms with Crippen LogP contribution >= 0.6 is 15.9 Å². The summed E-state index contributed by atoms with van der Waals surface area (Å²) in [7, 11) is -3.64. The fraction of sp³-hybridized carbons (Fsp3) is 0.214. The second-order valence-corrected chi connectivity index (χ2v) is 7.13. The summed E-state index contributed by atoms with van der Waals surface area (Å²) >= 11 is 3.27. The number of hydrogen-bond donors (Lipinski definition) is 2. The summed E-state index contributed by atoms with van der Waals surface area (Å²) in [6.45, 7) is 2.07. The van der Waals surface area contributed by atoms with E-state index in [0.29, 0.717) is 4.47 Å². The molecule has 0 aliphatic rings. The minimum Gasteiger partial charge on any atom is -0.326 e. The number of sulfonamides is 1. The van der Waals surface area contributed by atoms with Crippen LogP contribution in [0.5, 0.6) is 0 Å². The summed E-state index contributed by atoms with van der Waals surface area (Å²) in [5.41, 5.74) is 7.17. The Morgan fingerprint density at radius 1 is 1.29 bits per heavy atom. The fourth-order valence-electron chi connectivity index (χ4n) is 1.90. The van der Waals surface area contributed by atoms with Gasteiger partial charge in [0.05, 0.1) is 4.90 Å². The molecule has 112 valence electrons. The predicted molar refractivity (Wildman–Crippen MR) is 85.0 cm³/mol. The number of benzene rings is 1. The van der Waals surface area contributed by atoms with Gasteiger partial charge >= 0.3 is 0 Å². The first-order valence-corrected chi connectivity index (χ1v) is 8.62. The monoisotopic (exact) mass is 369 g/mol. The van der Waals surface area contributed by atoms with E-state index < -0.39 is 10.0 Å². The second-order valence-electron chi connectivity index (χ2n) is 4.59. The average Bonchev–Trinajstić information content (AvgIpc) is 2.48. The molecular weight excluding hydrogens is 354 g/mol. The molecule has 0 aliphatic carbocycles. The van der Waals surface area contributed by atoms with Crippen molar-refractivity contribution in [2.24, 2.45) is 5.73 Å². The molecule has 3 N–H and O–H groups in total. The van der Waals surface area contributed by atoms with Gasteiger partial charge in [-0.1, -0.05) is 6.07 Å². The van der Waals surface area contributed by atoms with Gasteiger partial charge in [-0.2, -0.15) is 0 Å². The van der Waals surface area contributed by atoms with E-state index >= 15 is 0 Å². The lowest BCUT2D eigenvalue weighted by Gasteiger charge is -2.15. The van der Waals surface area contributed by atoms with Crippen LogP contribution in [0.2, 0.25) is 0 Å². The number of nitrogens with two attached hydrogens (primary N) is 1. The Morgan fingerprint density at radius 2 is 1.95 bits per heavy atom. The van der Waals surface area contributed by atoms with E-state index in [0.717, 1.165) is 11.1 Å². The van der Waals surface area contributed by atoms with Crippen molar-refractivity contribution >= 4 is 26.0 Å². The van der Waals surface area contributed by atoms with Crippen LogP contribution in [0.15, 0.2) is 52.1 Å². The molecule has 0 aliphatic heterocycles. The molecule has 0 radical (unpaired) electrons. The van der Waals surface area contributed by atoms with Crippen LogP contribution in [0.3, 0.4) is 0 Å². The van der Waals surface area contributed by atoms with E-state index in [-0.39, 0.29) is 17.5 Å². The Labute approximate surface area is 132 Å². The van der Waals surface area contributed by atoms with E-state index in [4.69, 9.17) is 5.73 Å². The quantitative estimate of drug-likeness (QED) is 0.846. The first kappa shape index (κ1) is 16.1. The molecule has 1 atom stereocenters. The highest BCUT2D eigenvalue weighted by molar-refractivity contribution is 9.10. The average molecular weight is 370 g/mol. The summed E-state index contributed by atoms with van der Waals surface area (Å²) in [5, 5.41) is 0. The van der Waals surface area contributed by atoms with Crippen molar-refractivity contribution in [3.63, 3.8) is 0 Å². The van der Waals surface area contributed by atoms with E-state index in [1.165, 1.54) is 0 Å². The predicted octanol–water partition coefficient (Wildman–Crippen LogP) is 2.34. The molecule has 0 saturated carbocycles. The van der Waals surface area contributed by atoms with Gasteiger partial charge in [-0.25, -0.2) is 13.1 Å². The summed E-state index contributed by atoms with van der Waals surface area (Å²) in [6, 6.07) is 8.25. The van der Waals surface area contributed by atoms with Crippen LogP contribution in [0.25, 0.3) is 0 Å². The number of halogens is 1. The van der Waals surface area contributed by atoms with Crippen molar-refractivity contribution in [3.05, 3.63) is 58.3 Å². The zero-order valence-corrected chi connectivity index (χ0v) is 13.9. The lowest BCUT2D eigenvalue weighted by molar-refractivity contribution is 0.566. The first-order valence-electron chi connectivity index (χ1n) is 6.35. The highest BCUT2D eigenvalue weighted by atomic mass is 79.9. The Balaban J connectivity index is 2.30. The molecule has 7 heteroatoms. The van der Waals surface area contributed by atoms with Gasteiger partial charge < -0.3 is 5.73 Å². The molecular formula is C14H16BrN3O2S. The van der Waals surface area contributed by atoms with Crippen molar-refractivity contribution in [2.45, 2.75) is 24.4 Å². The first-order chi connectivity index (χ1) is 9.94. The number of nitrogens with zero attached hydrogens (tertiary/aromatic N) is 1. The van der Waals surface area contributed by atoms with Gasteiger partial charge in [0.1, 0.15) is 0 Å². The van der Waals surface area contributed by atoms with E-state index in [2.05, 4.69) is 25.6 Å². The van der Waals surface area contributed by atoms with Crippen molar-refractivity contribution in [1.82, 2.24) is 9.71 Å². The van der Waals surface area contributed by atoms with Crippen LogP contribution in [0.1, 0.15) is 24.1 Å². The topological polar surface area (TPSA) is 85.1 Å². The smallest absolute Gasteiger partial charge is 0.242 e. The Kier molecular flexibility index (Phi) is 5.10. The van der Waals surface area contributed by atoms with Crippen LogP contribution in [0.4, 0.5) is 0 Å². The van der Waals surface area contributed by atoms with Crippen LogP contribution in [-0.4, -0.2) is 13.4 Å². The zero-order valence-electron chi connectivity index (χ0n) is 11.5. The third-order valence-electron chi connectivity index (χ3n) is 3.06. The SMILES string of the molecule is CC(NS(=O)(=O)c1cc(CN)ccc1Br)c1ccncc1. The maximum atomic E-state index is 12.5. The molecule has 0 fully saturated rings. The molecule has 2 rings (SSSR count). The van der Waals surface area contributed by atoms with E-state index in [1.807, 2.05) is 0 Å². The molecule has 1 heterocycles. The number of nitrogens with one attached hydrogen (secondary N) is 1. The lowest BCUT2D eigenvalue weighted by Crippen LogP contribution is -2.27. The normalized spacial score (nSPS) is 13.1. The summed E-state index contributed by atoms with van der Waals surface area (Å²) < 4.78 is 28.2. The van der Waals surface area contributed by atoms with Gasteiger partial charge in [0.2, 0.25) is 10.0 Å². The second kappa shape index (κ2) is 6.65. The lowest BCUT2D eigenvalue weighted by atomic mass is 10.1. The maximum Gasteiger partial charge on any atom is 0.242 e. The van der Waals surface area contributed by atoms with Gasteiger partial charge in [0, 0.05) is 29.5 Å². The third kappa shape index (κ3) is 3.88. The van der Waals surface area contributed by atoms with Gasteiger partial charge in [0.25, 0.3) is 0 Å². The Bertz CT molecular complexity index is 720. The molecule has 2 aromatic rings. The zero-order chi connectivity index (χ0) is 15.5. The largest absolute Gasteiger partial charge is 0.326 e. The molecule has 21 heavy (non-hydrogen) atoms. The number of pyridine rings is 1. The summed E-state index contributed by atoms with van der Waals surface area (Å²) in [6.07, 6.45) is 3.26. The minimum absolute atomic E-state index is 0.186. The van der Waals surface area contributed by atoms with Gasteiger partial charge in [-0.15, -0.1) is 0 Å². The van der Waals surface area contributed by atoms with Crippen molar-refractivity contribution in [3.8, 4) is 0 Å². The van der Waals surface area contributed by atoms with E-state index in [9.17, 15) is 8.42 Å². The third-order valence-corrected chi connectivity index (χ3v) is 5.59. The van der Waals surface area contributed by atoms with Crippen LogP contribution in [-0.2, 0) is 16.6 Å². The van der Waals surface area contributed by atoms with Crippen molar-refractivity contribution in [1.29, 1.82) is 0 Å². The van der Waals surface area contributed by atoms with Gasteiger partial charge in [-0.05, 0) is 58.2 Å². The molecule has 1 aromatic heterocycles. The van der Waals surface area contributed by atoms with Gasteiger partial charge in [0.15, 0.2) is 0 Å². The number of rotatable bonds is 5. The van der Waals surface area contributed by atoms with Crippen molar-refractivity contribution in [2.75, 3.05) is 0 Å². The molecule has 5 nitrogen and oxygen atoms in total.